The van der Waals surface area contributed by atoms with E-state index in [1.807, 2.05) is 25.1 Å². The normalized spacial score (nSPS) is 24.7. The Bertz CT molecular complexity index is 350. The summed E-state index contributed by atoms with van der Waals surface area (Å²) in [6, 6.07) is 10.1. The van der Waals surface area contributed by atoms with Crippen molar-refractivity contribution in [3.63, 3.8) is 0 Å². The van der Waals surface area contributed by atoms with Crippen molar-refractivity contribution in [2.45, 2.75) is 25.4 Å². The van der Waals surface area contributed by atoms with Crippen LogP contribution >= 0.6 is 0 Å². The van der Waals surface area contributed by atoms with Gasteiger partial charge in [-0.05, 0) is 12.0 Å². The molecule has 1 aromatic carbocycles. The quantitative estimate of drug-likeness (QED) is 0.820. The van der Waals surface area contributed by atoms with Gasteiger partial charge in [0.2, 0.25) is 0 Å². The van der Waals surface area contributed by atoms with E-state index in [1.54, 1.807) is 0 Å². The summed E-state index contributed by atoms with van der Waals surface area (Å²) in [4.78, 5) is 11.1. The predicted molar refractivity (Wildman–Crippen MR) is 57.7 cm³/mol. The van der Waals surface area contributed by atoms with Crippen molar-refractivity contribution in [3.05, 3.63) is 35.9 Å². The average molecular weight is 205 g/mol. The van der Waals surface area contributed by atoms with Crippen molar-refractivity contribution in [2.24, 2.45) is 0 Å². The second-order valence-corrected chi connectivity index (χ2v) is 3.94. The Balaban J connectivity index is 2.12. The van der Waals surface area contributed by atoms with Gasteiger partial charge in [-0.2, -0.15) is 0 Å². The summed E-state index contributed by atoms with van der Waals surface area (Å²) in [6.07, 6.45) is 1.32. The average Bonchev–Trinajstić information content (AvgIpc) is 2.62. The van der Waals surface area contributed by atoms with E-state index in [9.17, 15) is 4.79 Å². The van der Waals surface area contributed by atoms with E-state index in [0.29, 0.717) is 6.54 Å². The van der Waals surface area contributed by atoms with Gasteiger partial charge in [-0.15, -0.1) is 0 Å². The molecule has 3 heteroatoms. The first-order valence-electron chi connectivity index (χ1n) is 5.25. The van der Waals surface area contributed by atoms with Crippen LogP contribution < -0.4 is 5.32 Å². The van der Waals surface area contributed by atoms with Crippen LogP contribution in [0.15, 0.2) is 30.3 Å². The van der Waals surface area contributed by atoms with Crippen molar-refractivity contribution in [2.75, 3.05) is 6.54 Å². The van der Waals surface area contributed by atoms with Crippen molar-refractivity contribution in [1.82, 2.24) is 5.32 Å². The van der Waals surface area contributed by atoms with Gasteiger partial charge in [0.25, 0.3) is 0 Å². The number of hydrogen-bond donors (Lipinski definition) is 1. The van der Waals surface area contributed by atoms with Gasteiger partial charge in [0.05, 0.1) is 6.54 Å². The summed E-state index contributed by atoms with van der Waals surface area (Å²) in [5.41, 5.74) is 0.856. The van der Waals surface area contributed by atoms with Gasteiger partial charge in [0.15, 0.2) is 0 Å². The molecule has 1 aromatic rings. The summed E-state index contributed by atoms with van der Waals surface area (Å²) < 4.78 is 5.35. The van der Waals surface area contributed by atoms with Crippen molar-refractivity contribution < 1.29 is 9.53 Å². The van der Waals surface area contributed by atoms with Crippen LogP contribution in [0, 0.1) is 0 Å². The Morgan fingerprint density at radius 2 is 2.13 bits per heavy atom. The largest absolute Gasteiger partial charge is 0.441 e. The van der Waals surface area contributed by atoms with Gasteiger partial charge in [0.1, 0.15) is 5.60 Å². The molecular weight excluding hydrogens is 190 g/mol. The standard InChI is InChI=1S/C12H15NO2/c1-2-12(9-13-11(14)15-12)8-10-6-4-3-5-7-10/h3-7H,2,8-9H2,1H3,(H,13,14). The van der Waals surface area contributed by atoms with Crippen LogP contribution in [0.2, 0.25) is 0 Å². The Hall–Kier alpha value is -1.51. The number of alkyl carbamates (subject to hydrolysis) is 1. The molecule has 3 nitrogen and oxygen atoms in total. The lowest BCUT2D eigenvalue weighted by Gasteiger charge is -2.24. The zero-order chi connectivity index (χ0) is 10.7. The van der Waals surface area contributed by atoms with E-state index in [2.05, 4.69) is 17.4 Å². The fourth-order valence-electron chi connectivity index (χ4n) is 1.89. The van der Waals surface area contributed by atoms with Crippen LogP contribution in [0.25, 0.3) is 0 Å². The molecule has 0 aliphatic carbocycles. The minimum absolute atomic E-state index is 0.298. The molecule has 1 aliphatic heterocycles. The van der Waals surface area contributed by atoms with E-state index in [-0.39, 0.29) is 11.7 Å². The Morgan fingerprint density at radius 3 is 2.67 bits per heavy atom. The van der Waals surface area contributed by atoms with E-state index < -0.39 is 0 Å². The molecule has 0 spiro atoms. The molecule has 1 N–H and O–H groups in total. The lowest BCUT2D eigenvalue weighted by atomic mass is 9.92. The molecule has 15 heavy (non-hydrogen) atoms. The van der Waals surface area contributed by atoms with Crippen LogP contribution in [0.5, 0.6) is 0 Å². The smallest absolute Gasteiger partial charge is 0.407 e. The SMILES string of the molecule is CCC1(Cc2ccccc2)CNC(=O)O1. The minimum atomic E-state index is -0.349. The minimum Gasteiger partial charge on any atom is -0.441 e. The molecule has 1 fully saturated rings. The maximum Gasteiger partial charge on any atom is 0.407 e. The van der Waals surface area contributed by atoms with Crippen molar-refractivity contribution in [1.29, 1.82) is 0 Å². The first-order chi connectivity index (χ1) is 7.24. The third-order valence-electron chi connectivity index (χ3n) is 2.88. The number of rotatable bonds is 3. The number of carbonyl (C=O) groups excluding carboxylic acids is 1. The summed E-state index contributed by atoms with van der Waals surface area (Å²) >= 11 is 0. The van der Waals surface area contributed by atoms with Gasteiger partial charge < -0.3 is 10.1 Å². The number of nitrogens with one attached hydrogen (secondary N) is 1. The van der Waals surface area contributed by atoms with Crippen LogP contribution in [0.3, 0.4) is 0 Å². The van der Waals surface area contributed by atoms with Gasteiger partial charge in [-0.25, -0.2) is 4.79 Å². The summed E-state index contributed by atoms with van der Waals surface area (Å²) in [5, 5.41) is 2.72. The Morgan fingerprint density at radius 1 is 1.40 bits per heavy atom. The molecule has 1 aliphatic rings. The molecule has 2 rings (SSSR count). The first kappa shape index (κ1) is 10.0. The predicted octanol–water partition coefficient (Wildman–Crippen LogP) is 2.12. The lowest BCUT2D eigenvalue weighted by Crippen LogP contribution is -2.35. The summed E-state index contributed by atoms with van der Waals surface area (Å²) in [5.74, 6) is 0. The van der Waals surface area contributed by atoms with Gasteiger partial charge in [-0.1, -0.05) is 37.3 Å². The maximum atomic E-state index is 11.1. The van der Waals surface area contributed by atoms with Gasteiger partial charge in [0, 0.05) is 6.42 Å². The molecule has 0 bridgehead atoms. The van der Waals surface area contributed by atoms with Crippen LogP contribution in [-0.4, -0.2) is 18.2 Å². The lowest BCUT2D eigenvalue weighted by molar-refractivity contribution is 0.0539. The number of cyclic esters (lactones) is 1. The maximum absolute atomic E-state index is 11.1. The third-order valence-corrected chi connectivity index (χ3v) is 2.88. The van der Waals surface area contributed by atoms with Gasteiger partial charge in [-0.3, -0.25) is 0 Å². The molecule has 0 saturated carbocycles. The number of benzene rings is 1. The fourth-order valence-corrected chi connectivity index (χ4v) is 1.89. The monoisotopic (exact) mass is 205 g/mol. The third kappa shape index (κ3) is 2.12. The van der Waals surface area contributed by atoms with E-state index in [4.69, 9.17) is 4.74 Å². The molecule has 0 aromatic heterocycles. The Labute approximate surface area is 89.4 Å². The molecule has 1 saturated heterocycles. The highest BCUT2D eigenvalue weighted by Crippen LogP contribution is 2.25. The first-order valence-corrected chi connectivity index (χ1v) is 5.25. The molecular formula is C12H15NO2. The number of ether oxygens (including phenoxy) is 1. The highest BCUT2D eigenvalue weighted by atomic mass is 16.6. The van der Waals surface area contributed by atoms with Crippen molar-refractivity contribution in [3.8, 4) is 0 Å². The van der Waals surface area contributed by atoms with E-state index in [0.717, 1.165) is 12.8 Å². The molecule has 0 radical (unpaired) electrons. The number of amides is 1. The van der Waals surface area contributed by atoms with E-state index in [1.165, 1.54) is 5.56 Å². The second-order valence-electron chi connectivity index (χ2n) is 3.94. The molecule has 1 unspecified atom stereocenters. The molecule has 80 valence electrons. The molecule has 1 amide bonds. The summed E-state index contributed by atoms with van der Waals surface area (Å²) in [6.45, 7) is 2.65. The fraction of sp³-hybridized carbons (Fsp3) is 0.417. The molecule has 1 atom stereocenters. The van der Waals surface area contributed by atoms with Crippen LogP contribution in [-0.2, 0) is 11.2 Å². The highest BCUT2D eigenvalue weighted by molar-refractivity contribution is 5.70. The van der Waals surface area contributed by atoms with Crippen molar-refractivity contribution >= 4 is 6.09 Å². The zero-order valence-corrected chi connectivity index (χ0v) is 8.82. The molecule has 1 heterocycles. The van der Waals surface area contributed by atoms with Crippen LogP contribution in [0.4, 0.5) is 4.79 Å². The number of hydrogen-bond acceptors (Lipinski definition) is 2. The number of carbonyl (C=O) groups is 1. The van der Waals surface area contributed by atoms with Crippen LogP contribution in [0.1, 0.15) is 18.9 Å². The highest BCUT2D eigenvalue weighted by Gasteiger charge is 2.38. The zero-order valence-electron chi connectivity index (χ0n) is 8.82. The summed E-state index contributed by atoms with van der Waals surface area (Å²) in [7, 11) is 0. The van der Waals surface area contributed by atoms with Gasteiger partial charge >= 0.3 is 6.09 Å². The Kier molecular flexibility index (Phi) is 2.62. The van der Waals surface area contributed by atoms with E-state index >= 15 is 0 Å². The second kappa shape index (κ2) is 3.93. The topological polar surface area (TPSA) is 38.3 Å².